The molecule has 0 heterocycles. The zero-order valence-electron chi connectivity index (χ0n) is 12.0. The third-order valence-electron chi connectivity index (χ3n) is 3.28. The molecule has 0 aliphatic heterocycles. The number of carbonyl (C=O) groups excluding carboxylic acids is 1. The Bertz CT molecular complexity index is 847. The fourth-order valence-electron chi connectivity index (χ4n) is 2.16. The summed E-state index contributed by atoms with van der Waals surface area (Å²) in [7, 11) is 0. The van der Waals surface area contributed by atoms with Crippen LogP contribution in [0, 0.1) is 5.82 Å². The number of para-hydroxylation sites is 1. The maximum atomic E-state index is 14.0. The van der Waals surface area contributed by atoms with E-state index in [1.807, 2.05) is 6.07 Å². The van der Waals surface area contributed by atoms with Crippen LogP contribution in [-0.2, 0) is 0 Å². The molecule has 0 amide bonds. The van der Waals surface area contributed by atoms with Crippen molar-refractivity contribution in [2.45, 2.75) is 0 Å². The SMILES string of the molecule is O=C(c1ccccc1)c1ccccc1Oc1ccc(Br)cc1F. The summed E-state index contributed by atoms with van der Waals surface area (Å²) >= 11 is 3.20. The molecule has 0 fully saturated rings. The van der Waals surface area contributed by atoms with Gasteiger partial charge in [0.2, 0.25) is 0 Å². The second kappa shape index (κ2) is 6.75. The van der Waals surface area contributed by atoms with Crippen molar-refractivity contribution in [1.82, 2.24) is 0 Å². The maximum absolute atomic E-state index is 14.0. The molecule has 3 rings (SSSR count). The smallest absolute Gasteiger partial charge is 0.196 e. The molecule has 0 atom stereocenters. The van der Waals surface area contributed by atoms with Crippen molar-refractivity contribution >= 4 is 21.7 Å². The van der Waals surface area contributed by atoms with E-state index >= 15 is 0 Å². The highest BCUT2D eigenvalue weighted by molar-refractivity contribution is 9.10. The van der Waals surface area contributed by atoms with Gasteiger partial charge in [0, 0.05) is 10.0 Å². The van der Waals surface area contributed by atoms with Crippen LogP contribution in [0.1, 0.15) is 15.9 Å². The lowest BCUT2D eigenvalue weighted by Crippen LogP contribution is -2.03. The third-order valence-corrected chi connectivity index (χ3v) is 3.77. The molecule has 0 aliphatic carbocycles. The lowest BCUT2D eigenvalue weighted by Gasteiger charge is -2.11. The Morgan fingerprint density at radius 2 is 1.57 bits per heavy atom. The average molecular weight is 371 g/mol. The number of hydrogen-bond donors (Lipinski definition) is 0. The molecule has 0 saturated carbocycles. The Kier molecular flexibility index (Phi) is 4.53. The van der Waals surface area contributed by atoms with Gasteiger partial charge in [-0.1, -0.05) is 58.4 Å². The van der Waals surface area contributed by atoms with Crippen molar-refractivity contribution in [3.8, 4) is 11.5 Å². The van der Waals surface area contributed by atoms with Crippen molar-refractivity contribution in [2.24, 2.45) is 0 Å². The van der Waals surface area contributed by atoms with Crippen LogP contribution in [0.4, 0.5) is 4.39 Å². The summed E-state index contributed by atoms with van der Waals surface area (Å²) in [5.41, 5.74) is 0.945. The molecule has 0 N–H and O–H groups in total. The van der Waals surface area contributed by atoms with Crippen LogP contribution in [0.15, 0.2) is 77.3 Å². The van der Waals surface area contributed by atoms with E-state index in [0.29, 0.717) is 21.3 Å². The molecule has 0 saturated heterocycles. The Balaban J connectivity index is 1.97. The summed E-state index contributed by atoms with van der Waals surface area (Å²) in [6.07, 6.45) is 0. The van der Waals surface area contributed by atoms with Gasteiger partial charge in [-0.15, -0.1) is 0 Å². The third kappa shape index (κ3) is 3.48. The van der Waals surface area contributed by atoms with Crippen molar-refractivity contribution in [3.05, 3.63) is 94.2 Å². The summed E-state index contributed by atoms with van der Waals surface area (Å²) in [6, 6.07) is 20.2. The standard InChI is InChI=1S/C19H12BrFO2/c20-14-10-11-18(16(21)12-14)23-17-9-5-4-8-15(17)19(22)13-6-2-1-3-7-13/h1-12H. The number of rotatable bonds is 4. The number of ketones is 1. The fourth-order valence-corrected chi connectivity index (χ4v) is 2.50. The summed E-state index contributed by atoms with van der Waals surface area (Å²) in [5, 5.41) is 0. The van der Waals surface area contributed by atoms with Gasteiger partial charge in [0.1, 0.15) is 5.75 Å². The molecular formula is C19H12BrFO2. The van der Waals surface area contributed by atoms with Gasteiger partial charge in [0.05, 0.1) is 5.56 Å². The summed E-state index contributed by atoms with van der Waals surface area (Å²) < 4.78 is 20.2. The number of ether oxygens (including phenoxy) is 1. The Morgan fingerprint density at radius 3 is 2.30 bits per heavy atom. The molecule has 3 aromatic carbocycles. The first-order valence-electron chi connectivity index (χ1n) is 6.97. The van der Waals surface area contributed by atoms with Crippen LogP contribution in [0.25, 0.3) is 0 Å². The van der Waals surface area contributed by atoms with Crippen molar-refractivity contribution < 1.29 is 13.9 Å². The minimum absolute atomic E-state index is 0.0708. The van der Waals surface area contributed by atoms with Crippen LogP contribution < -0.4 is 4.74 Å². The van der Waals surface area contributed by atoms with Crippen molar-refractivity contribution in [3.63, 3.8) is 0 Å². The minimum atomic E-state index is -0.499. The molecule has 0 aromatic heterocycles. The van der Waals surface area contributed by atoms with Crippen LogP contribution in [0.3, 0.4) is 0 Å². The van der Waals surface area contributed by atoms with Crippen molar-refractivity contribution in [2.75, 3.05) is 0 Å². The number of carbonyl (C=O) groups is 1. The summed E-state index contributed by atoms with van der Waals surface area (Å²) in [6.45, 7) is 0. The van der Waals surface area contributed by atoms with E-state index in [9.17, 15) is 9.18 Å². The van der Waals surface area contributed by atoms with Gasteiger partial charge in [-0.2, -0.15) is 0 Å². The predicted octanol–water partition coefficient (Wildman–Crippen LogP) is 5.61. The number of benzene rings is 3. The van der Waals surface area contributed by atoms with Gasteiger partial charge in [-0.3, -0.25) is 4.79 Å². The van der Waals surface area contributed by atoms with E-state index in [-0.39, 0.29) is 11.5 Å². The Morgan fingerprint density at radius 1 is 0.870 bits per heavy atom. The lowest BCUT2D eigenvalue weighted by molar-refractivity contribution is 0.103. The highest BCUT2D eigenvalue weighted by atomic mass is 79.9. The normalized spacial score (nSPS) is 10.3. The predicted molar refractivity (Wildman–Crippen MR) is 90.5 cm³/mol. The summed E-state index contributed by atoms with van der Waals surface area (Å²) in [4.78, 5) is 12.6. The highest BCUT2D eigenvalue weighted by Crippen LogP contribution is 2.30. The van der Waals surface area contributed by atoms with Gasteiger partial charge in [0.25, 0.3) is 0 Å². The molecule has 2 nitrogen and oxygen atoms in total. The second-order valence-corrected chi connectivity index (χ2v) is 5.78. The average Bonchev–Trinajstić information content (AvgIpc) is 2.58. The first kappa shape index (κ1) is 15.4. The highest BCUT2D eigenvalue weighted by Gasteiger charge is 2.15. The van der Waals surface area contributed by atoms with Gasteiger partial charge in [0.15, 0.2) is 17.3 Å². The molecular weight excluding hydrogens is 359 g/mol. The molecule has 0 spiro atoms. The minimum Gasteiger partial charge on any atom is -0.454 e. The fraction of sp³-hybridized carbons (Fsp3) is 0. The van der Waals surface area contributed by atoms with Gasteiger partial charge >= 0.3 is 0 Å². The van der Waals surface area contributed by atoms with E-state index in [0.717, 1.165) is 0 Å². The number of halogens is 2. The zero-order chi connectivity index (χ0) is 16.2. The molecule has 114 valence electrons. The molecule has 3 aromatic rings. The van der Waals surface area contributed by atoms with Gasteiger partial charge in [-0.05, 0) is 30.3 Å². The molecule has 0 bridgehead atoms. The van der Waals surface area contributed by atoms with E-state index < -0.39 is 5.82 Å². The largest absolute Gasteiger partial charge is 0.454 e. The van der Waals surface area contributed by atoms with E-state index in [4.69, 9.17) is 4.74 Å². The topological polar surface area (TPSA) is 26.3 Å². The zero-order valence-corrected chi connectivity index (χ0v) is 13.6. The number of hydrogen-bond acceptors (Lipinski definition) is 2. The quantitative estimate of drug-likeness (QED) is 0.557. The Labute approximate surface area is 141 Å². The molecule has 4 heteroatoms. The monoisotopic (exact) mass is 370 g/mol. The van der Waals surface area contributed by atoms with Crippen LogP contribution in [0.2, 0.25) is 0 Å². The van der Waals surface area contributed by atoms with E-state index in [2.05, 4.69) is 15.9 Å². The van der Waals surface area contributed by atoms with Crippen molar-refractivity contribution in [1.29, 1.82) is 0 Å². The van der Waals surface area contributed by atoms with Crippen LogP contribution in [-0.4, -0.2) is 5.78 Å². The molecule has 0 unspecified atom stereocenters. The second-order valence-electron chi connectivity index (χ2n) is 4.87. The van der Waals surface area contributed by atoms with Crippen LogP contribution in [0.5, 0.6) is 11.5 Å². The molecule has 0 radical (unpaired) electrons. The van der Waals surface area contributed by atoms with E-state index in [1.165, 1.54) is 12.1 Å². The maximum Gasteiger partial charge on any atom is 0.196 e. The first-order valence-corrected chi connectivity index (χ1v) is 7.76. The first-order chi connectivity index (χ1) is 11.1. The summed E-state index contributed by atoms with van der Waals surface area (Å²) in [5.74, 6) is -0.274. The van der Waals surface area contributed by atoms with Gasteiger partial charge < -0.3 is 4.74 Å². The van der Waals surface area contributed by atoms with E-state index in [1.54, 1.807) is 54.6 Å². The Hall–Kier alpha value is -2.46. The van der Waals surface area contributed by atoms with Crippen LogP contribution >= 0.6 is 15.9 Å². The van der Waals surface area contributed by atoms with Gasteiger partial charge in [-0.25, -0.2) is 4.39 Å². The molecule has 23 heavy (non-hydrogen) atoms. The molecule has 0 aliphatic rings. The lowest BCUT2D eigenvalue weighted by atomic mass is 10.0.